The van der Waals surface area contributed by atoms with Gasteiger partial charge in [0.15, 0.2) is 6.61 Å². The van der Waals surface area contributed by atoms with Gasteiger partial charge in [0.25, 0.3) is 5.91 Å². The highest BCUT2D eigenvalue weighted by atomic mass is 19.1. The van der Waals surface area contributed by atoms with Gasteiger partial charge in [0.05, 0.1) is 5.56 Å². The summed E-state index contributed by atoms with van der Waals surface area (Å²) in [6.45, 7) is 3.22. The maximum absolute atomic E-state index is 13.0. The van der Waals surface area contributed by atoms with Crippen molar-refractivity contribution in [1.29, 1.82) is 0 Å². The minimum absolute atomic E-state index is 0.0465. The largest absolute Gasteiger partial charge is 0.452 e. The molecule has 0 atom stereocenters. The molecule has 0 spiro atoms. The van der Waals surface area contributed by atoms with Gasteiger partial charge in [-0.05, 0) is 49.2 Å². The maximum atomic E-state index is 13.0. The third-order valence-corrected chi connectivity index (χ3v) is 3.22. The number of ether oxygens (including phenoxy) is 1. The van der Waals surface area contributed by atoms with E-state index in [-0.39, 0.29) is 5.69 Å². The molecule has 0 aliphatic carbocycles. The van der Waals surface area contributed by atoms with Gasteiger partial charge in [0, 0.05) is 11.8 Å². The number of amides is 1. The van der Waals surface area contributed by atoms with E-state index in [1.54, 1.807) is 18.2 Å². The van der Waals surface area contributed by atoms with Crippen LogP contribution in [0.1, 0.15) is 21.5 Å². The van der Waals surface area contributed by atoms with Gasteiger partial charge in [-0.1, -0.05) is 6.07 Å². The van der Waals surface area contributed by atoms with Crippen molar-refractivity contribution in [1.82, 2.24) is 0 Å². The van der Waals surface area contributed by atoms with Crippen LogP contribution >= 0.6 is 0 Å². The lowest BCUT2D eigenvalue weighted by Gasteiger charge is -2.08. The molecule has 6 heteroatoms. The fourth-order valence-electron chi connectivity index (χ4n) is 1.91. The van der Waals surface area contributed by atoms with Crippen molar-refractivity contribution in [2.24, 2.45) is 0 Å². The summed E-state index contributed by atoms with van der Waals surface area (Å²) >= 11 is 0. The monoisotopic (exact) mass is 319 g/mol. The van der Waals surface area contributed by atoms with Crippen LogP contribution < -0.4 is 5.32 Å². The zero-order chi connectivity index (χ0) is 17.0. The predicted molar refractivity (Wildman–Crippen MR) is 81.2 cm³/mol. The molecule has 0 radical (unpaired) electrons. The van der Waals surface area contributed by atoms with Crippen molar-refractivity contribution in [3.05, 3.63) is 64.7 Å². The molecule has 0 aliphatic heterocycles. The summed E-state index contributed by atoms with van der Waals surface area (Å²) in [6.07, 6.45) is 0. The smallest absolute Gasteiger partial charge is 0.338 e. The predicted octanol–water partition coefficient (Wildman–Crippen LogP) is 3.38. The van der Waals surface area contributed by atoms with Gasteiger partial charge >= 0.3 is 5.97 Å². The van der Waals surface area contributed by atoms with Crippen LogP contribution in [0, 0.1) is 25.5 Å². The fourth-order valence-corrected chi connectivity index (χ4v) is 1.91. The number of nitrogens with one attached hydrogen (secondary N) is 1. The van der Waals surface area contributed by atoms with Crippen molar-refractivity contribution in [3.63, 3.8) is 0 Å². The topological polar surface area (TPSA) is 55.4 Å². The Bertz CT molecular complexity index is 739. The number of carbonyl (C=O) groups is 2. The number of rotatable bonds is 4. The summed E-state index contributed by atoms with van der Waals surface area (Å²) in [7, 11) is 0. The van der Waals surface area contributed by atoms with Gasteiger partial charge in [0.1, 0.15) is 11.6 Å². The quantitative estimate of drug-likeness (QED) is 0.879. The zero-order valence-electron chi connectivity index (χ0n) is 12.7. The summed E-state index contributed by atoms with van der Waals surface area (Å²) in [5.74, 6) is -2.96. The van der Waals surface area contributed by atoms with E-state index in [1.165, 1.54) is 0 Å². The van der Waals surface area contributed by atoms with Gasteiger partial charge in [-0.3, -0.25) is 4.79 Å². The van der Waals surface area contributed by atoms with E-state index in [9.17, 15) is 18.4 Å². The molecule has 0 saturated heterocycles. The third kappa shape index (κ3) is 4.60. The first-order chi connectivity index (χ1) is 10.8. The first-order valence-electron chi connectivity index (χ1n) is 6.85. The number of halogens is 2. The number of benzene rings is 2. The minimum atomic E-state index is -0.813. The lowest BCUT2D eigenvalue weighted by Crippen LogP contribution is -2.21. The van der Waals surface area contributed by atoms with E-state index in [4.69, 9.17) is 4.74 Å². The van der Waals surface area contributed by atoms with Crippen LogP contribution in [0.2, 0.25) is 0 Å². The summed E-state index contributed by atoms with van der Waals surface area (Å²) in [4.78, 5) is 23.5. The zero-order valence-corrected chi connectivity index (χ0v) is 12.7. The van der Waals surface area contributed by atoms with Crippen molar-refractivity contribution in [3.8, 4) is 0 Å². The summed E-state index contributed by atoms with van der Waals surface area (Å²) in [6, 6.07) is 7.66. The Morgan fingerprint density at radius 3 is 2.26 bits per heavy atom. The molecule has 1 N–H and O–H groups in total. The molecule has 2 aromatic rings. The first-order valence-corrected chi connectivity index (χ1v) is 6.85. The van der Waals surface area contributed by atoms with E-state index >= 15 is 0 Å². The molecule has 4 nitrogen and oxygen atoms in total. The molecule has 0 aromatic heterocycles. The number of esters is 1. The average molecular weight is 319 g/mol. The van der Waals surface area contributed by atoms with Crippen LogP contribution in [0.25, 0.3) is 0 Å². The van der Waals surface area contributed by atoms with Crippen molar-refractivity contribution in [2.45, 2.75) is 13.8 Å². The van der Waals surface area contributed by atoms with Gasteiger partial charge in [-0.25, -0.2) is 13.6 Å². The van der Waals surface area contributed by atoms with Crippen LogP contribution in [0.5, 0.6) is 0 Å². The molecule has 1 amide bonds. The van der Waals surface area contributed by atoms with Crippen molar-refractivity contribution in [2.75, 3.05) is 11.9 Å². The maximum Gasteiger partial charge on any atom is 0.338 e. The highest BCUT2D eigenvalue weighted by Gasteiger charge is 2.12. The Kier molecular flexibility index (Phi) is 5.05. The molecule has 2 aromatic carbocycles. The molecule has 23 heavy (non-hydrogen) atoms. The van der Waals surface area contributed by atoms with Crippen molar-refractivity contribution >= 4 is 17.6 Å². The third-order valence-electron chi connectivity index (χ3n) is 3.22. The first kappa shape index (κ1) is 16.6. The molecule has 0 aliphatic rings. The van der Waals surface area contributed by atoms with Crippen LogP contribution in [0.3, 0.4) is 0 Å². The highest BCUT2D eigenvalue weighted by molar-refractivity contribution is 5.95. The van der Waals surface area contributed by atoms with Crippen LogP contribution in [0.4, 0.5) is 14.5 Å². The number of hydrogen-bond donors (Lipinski definition) is 1. The highest BCUT2D eigenvalue weighted by Crippen LogP contribution is 2.13. The molecule has 0 heterocycles. The second-order valence-corrected chi connectivity index (χ2v) is 5.08. The lowest BCUT2D eigenvalue weighted by molar-refractivity contribution is -0.119. The lowest BCUT2D eigenvalue weighted by atomic mass is 10.1. The minimum Gasteiger partial charge on any atom is -0.452 e. The number of hydrogen-bond acceptors (Lipinski definition) is 3. The van der Waals surface area contributed by atoms with Crippen LogP contribution in [-0.2, 0) is 9.53 Å². The molecular formula is C17H15F2NO3. The molecular weight excluding hydrogens is 304 g/mol. The Hall–Kier alpha value is -2.76. The van der Waals surface area contributed by atoms with Crippen molar-refractivity contribution < 1.29 is 23.1 Å². The Labute approximate surface area is 132 Å². The Morgan fingerprint density at radius 2 is 1.65 bits per heavy atom. The second-order valence-electron chi connectivity index (χ2n) is 5.08. The Balaban J connectivity index is 1.93. The summed E-state index contributed by atoms with van der Waals surface area (Å²) in [5.41, 5.74) is 2.25. The number of carbonyl (C=O) groups excluding carboxylic acids is 2. The summed E-state index contributed by atoms with van der Waals surface area (Å²) < 4.78 is 30.9. The van der Waals surface area contributed by atoms with Crippen LogP contribution in [0.15, 0.2) is 36.4 Å². The molecule has 0 fully saturated rings. The van der Waals surface area contributed by atoms with Gasteiger partial charge in [-0.2, -0.15) is 0 Å². The second kappa shape index (κ2) is 7.00. The number of aryl methyl sites for hydroxylation is 2. The van der Waals surface area contributed by atoms with Crippen LogP contribution in [-0.4, -0.2) is 18.5 Å². The normalized spacial score (nSPS) is 10.3. The SMILES string of the molecule is Cc1ccc(C(=O)OCC(=O)Nc2cc(F)cc(F)c2)cc1C. The number of anilines is 1. The molecule has 0 bridgehead atoms. The van der Waals surface area contributed by atoms with Gasteiger partial charge in [-0.15, -0.1) is 0 Å². The standard InChI is InChI=1S/C17H15F2NO3/c1-10-3-4-12(5-11(10)2)17(22)23-9-16(21)20-15-7-13(18)6-14(19)8-15/h3-8H,9H2,1-2H3,(H,20,21). The van der Waals surface area contributed by atoms with E-state index in [2.05, 4.69) is 5.32 Å². The van der Waals surface area contributed by atoms with E-state index in [0.717, 1.165) is 23.3 Å². The fraction of sp³-hybridized carbons (Fsp3) is 0.176. The van der Waals surface area contributed by atoms with Gasteiger partial charge < -0.3 is 10.1 Å². The molecule has 120 valence electrons. The summed E-state index contributed by atoms with van der Waals surface area (Å²) in [5, 5.41) is 2.25. The van der Waals surface area contributed by atoms with E-state index in [1.807, 2.05) is 13.8 Å². The average Bonchev–Trinajstić information content (AvgIpc) is 2.46. The molecule has 2 rings (SSSR count). The molecule has 0 saturated carbocycles. The van der Waals surface area contributed by atoms with E-state index in [0.29, 0.717) is 11.6 Å². The Morgan fingerprint density at radius 1 is 1.00 bits per heavy atom. The van der Waals surface area contributed by atoms with E-state index < -0.39 is 30.1 Å². The molecule has 0 unspecified atom stereocenters. The van der Waals surface area contributed by atoms with Gasteiger partial charge in [0.2, 0.25) is 0 Å².